The normalized spacial score (nSPS) is 16.0. The number of halogens is 1. The van der Waals surface area contributed by atoms with Crippen molar-refractivity contribution in [2.24, 2.45) is 0 Å². The number of carboxylic acid groups (broad SMARTS) is 1. The zero-order valence-electron chi connectivity index (χ0n) is 11.1. The smallest absolute Gasteiger partial charge is 0.329 e. The third kappa shape index (κ3) is 3.11. The number of hydrogen-bond donors (Lipinski definition) is 3. The molecule has 0 radical (unpaired) electrons. The molecule has 1 aliphatic carbocycles. The van der Waals surface area contributed by atoms with Gasteiger partial charge in [0.25, 0.3) is 0 Å². The van der Waals surface area contributed by atoms with Gasteiger partial charge in [0.15, 0.2) is 0 Å². The van der Waals surface area contributed by atoms with Crippen molar-refractivity contribution in [3.05, 3.63) is 29.6 Å². The molecular weight excluding hydrogens is 277 g/mol. The van der Waals surface area contributed by atoms with Crippen molar-refractivity contribution in [2.45, 2.75) is 31.2 Å². The van der Waals surface area contributed by atoms with Gasteiger partial charge in [-0.1, -0.05) is 12.8 Å². The second kappa shape index (κ2) is 5.79. The van der Waals surface area contributed by atoms with Crippen molar-refractivity contribution < 1.29 is 19.1 Å². The first-order valence-electron chi connectivity index (χ1n) is 6.49. The van der Waals surface area contributed by atoms with E-state index in [-0.39, 0.29) is 11.3 Å². The molecule has 0 heterocycles. The maximum atomic E-state index is 13.0. The maximum absolute atomic E-state index is 13.0. The van der Waals surface area contributed by atoms with Gasteiger partial charge in [0.2, 0.25) is 0 Å². The van der Waals surface area contributed by atoms with E-state index < -0.39 is 23.4 Å². The Bertz CT molecular complexity index is 618. The number of carboxylic acids is 1. The Morgan fingerprint density at radius 1 is 1.33 bits per heavy atom. The Morgan fingerprint density at radius 2 is 2.00 bits per heavy atom. The number of nitrogens with zero attached hydrogens (tertiary/aromatic N) is 1. The van der Waals surface area contributed by atoms with Gasteiger partial charge < -0.3 is 15.7 Å². The number of nitriles is 1. The van der Waals surface area contributed by atoms with Crippen molar-refractivity contribution in [3.63, 3.8) is 0 Å². The molecule has 1 aromatic rings. The van der Waals surface area contributed by atoms with Crippen molar-refractivity contribution in [2.75, 3.05) is 5.32 Å². The van der Waals surface area contributed by atoms with Crippen LogP contribution in [0.2, 0.25) is 0 Å². The van der Waals surface area contributed by atoms with Gasteiger partial charge in [-0.3, -0.25) is 0 Å². The highest BCUT2D eigenvalue weighted by Gasteiger charge is 2.42. The molecule has 0 bridgehead atoms. The number of carbonyl (C=O) groups is 2. The SMILES string of the molecule is N#Cc1cc(F)ccc1NC(=O)NC1(C(=O)O)CCCC1. The predicted molar refractivity (Wildman–Crippen MR) is 72.1 cm³/mol. The molecule has 0 atom stereocenters. The van der Waals surface area contributed by atoms with Gasteiger partial charge in [-0.25, -0.2) is 14.0 Å². The highest BCUT2D eigenvalue weighted by Crippen LogP contribution is 2.30. The lowest BCUT2D eigenvalue weighted by atomic mass is 9.98. The molecule has 0 spiro atoms. The lowest BCUT2D eigenvalue weighted by Crippen LogP contribution is -2.53. The zero-order valence-corrected chi connectivity index (χ0v) is 11.1. The molecule has 0 aliphatic heterocycles. The van der Waals surface area contributed by atoms with Gasteiger partial charge in [0, 0.05) is 0 Å². The number of carbonyl (C=O) groups excluding carboxylic acids is 1. The maximum Gasteiger partial charge on any atom is 0.329 e. The average Bonchev–Trinajstić information content (AvgIpc) is 2.90. The standard InChI is InChI=1S/C14H14FN3O3/c15-10-3-4-11(9(7-10)8-16)17-13(21)18-14(12(19)20)5-1-2-6-14/h3-4,7H,1-2,5-6H2,(H,19,20)(H2,17,18,21). The second-order valence-corrected chi connectivity index (χ2v) is 4.98. The summed E-state index contributed by atoms with van der Waals surface area (Å²) in [4.78, 5) is 23.3. The van der Waals surface area contributed by atoms with Gasteiger partial charge in [0.1, 0.15) is 17.4 Å². The average molecular weight is 291 g/mol. The molecule has 1 saturated carbocycles. The molecule has 21 heavy (non-hydrogen) atoms. The quantitative estimate of drug-likeness (QED) is 0.794. The van der Waals surface area contributed by atoms with Crippen LogP contribution < -0.4 is 10.6 Å². The van der Waals surface area contributed by atoms with Gasteiger partial charge >= 0.3 is 12.0 Å². The van der Waals surface area contributed by atoms with E-state index in [0.717, 1.165) is 25.0 Å². The van der Waals surface area contributed by atoms with Crippen LogP contribution in [-0.2, 0) is 4.79 Å². The van der Waals surface area contributed by atoms with Crippen LogP contribution in [0.4, 0.5) is 14.9 Å². The van der Waals surface area contributed by atoms with Gasteiger partial charge in [-0.15, -0.1) is 0 Å². The number of anilines is 1. The summed E-state index contributed by atoms with van der Waals surface area (Å²) < 4.78 is 13.0. The lowest BCUT2D eigenvalue weighted by Gasteiger charge is -2.25. The Morgan fingerprint density at radius 3 is 2.57 bits per heavy atom. The lowest BCUT2D eigenvalue weighted by molar-refractivity contribution is -0.144. The van der Waals surface area contributed by atoms with Crippen LogP contribution in [0, 0.1) is 17.1 Å². The van der Waals surface area contributed by atoms with Crippen LogP contribution in [0.3, 0.4) is 0 Å². The molecule has 110 valence electrons. The molecule has 2 rings (SSSR count). The number of rotatable bonds is 3. The minimum atomic E-state index is -1.27. The van der Waals surface area contributed by atoms with Crippen LogP contribution in [-0.4, -0.2) is 22.6 Å². The number of amides is 2. The van der Waals surface area contributed by atoms with Gasteiger partial charge in [-0.05, 0) is 31.0 Å². The first kappa shape index (κ1) is 14.8. The first-order valence-corrected chi connectivity index (χ1v) is 6.49. The number of hydrogen-bond acceptors (Lipinski definition) is 3. The molecule has 0 aromatic heterocycles. The Balaban J connectivity index is 2.12. The first-order chi connectivity index (χ1) is 9.97. The van der Waals surface area contributed by atoms with Crippen LogP contribution in [0.25, 0.3) is 0 Å². The van der Waals surface area contributed by atoms with E-state index in [0.29, 0.717) is 12.8 Å². The fourth-order valence-corrected chi connectivity index (χ4v) is 2.46. The number of aliphatic carboxylic acids is 1. The van der Waals surface area contributed by atoms with E-state index in [1.807, 2.05) is 0 Å². The van der Waals surface area contributed by atoms with Crippen molar-refractivity contribution in [1.82, 2.24) is 5.32 Å². The van der Waals surface area contributed by atoms with Crippen LogP contribution in [0.15, 0.2) is 18.2 Å². The minimum absolute atomic E-state index is 0.0269. The summed E-state index contributed by atoms with van der Waals surface area (Å²) in [6.07, 6.45) is 2.19. The Kier molecular flexibility index (Phi) is 4.08. The molecule has 1 fully saturated rings. The Labute approximate surface area is 120 Å². The van der Waals surface area contributed by atoms with E-state index in [4.69, 9.17) is 5.26 Å². The molecule has 3 N–H and O–H groups in total. The highest BCUT2D eigenvalue weighted by molar-refractivity contribution is 5.95. The van der Waals surface area contributed by atoms with E-state index in [2.05, 4.69) is 10.6 Å². The van der Waals surface area contributed by atoms with E-state index in [9.17, 15) is 19.1 Å². The third-order valence-electron chi connectivity index (χ3n) is 3.57. The predicted octanol–water partition coefficient (Wildman–Crippen LogP) is 2.22. The topological polar surface area (TPSA) is 102 Å². The molecule has 2 amide bonds. The monoisotopic (exact) mass is 291 g/mol. The highest BCUT2D eigenvalue weighted by atomic mass is 19.1. The van der Waals surface area contributed by atoms with E-state index in [1.165, 1.54) is 6.07 Å². The summed E-state index contributed by atoms with van der Waals surface area (Å²) in [6.45, 7) is 0. The van der Waals surface area contributed by atoms with Crippen LogP contribution in [0.1, 0.15) is 31.2 Å². The van der Waals surface area contributed by atoms with E-state index in [1.54, 1.807) is 6.07 Å². The van der Waals surface area contributed by atoms with E-state index >= 15 is 0 Å². The fourth-order valence-electron chi connectivity index (χ4n) is 2.46. The third-order valence-corrected chi connectivity index (χ3v) is 3.57. The molecule has 7 heteroatoms. The number of urea groups is 1. The number of nitrogens with one attached hydrogen (secondary N) is 2. The molecule has 1 aliphatic rings. The Hall–Kier alpha value is -2.62. The molecule has 1 aromatic carbocycles. The van der Waals surface area contributed by atoms with Crippen molar-refractivity contribution in [3.8, 4) is 6.07 Å². The van der Waals surface area contributed by atoms with Gasteiger partial charge in [0.05, 0.1) is 11.3 Å². The van der Waals surface area contributed by atoms with Crippen LogP contribution >= 0.6 is 0 Å². The van der Waals surface area contributed by atoms with Gasteiger partial charge in [-0.2, -0.15) is 5.26 Å². The summed E-state index contributed by atoms with van der Waals surface area (Å²) in [6, 6.07) is 4.42. The number of benzene rings is 1. The summed E-state index contributed by atoms with van der Waals surface area (Å²) >= 11 is 0. The summed E-state index contributed by atoms with van der Waals surface area (Å²) in [5, 5.41) is 23.0. The molecule has 0 unspecified atom stereocenters. The minimum Gasteiger partial charge on any atom is -0.480 e. The summed E-state index contributed by atoms with van der Waals surface area (Å²) in [7, 11) is 0. The fraction of sp³-hybridized carbons (Fsp3) is 0.357. The largest absolute Gasteiger partial charge is 0.480 e. The zero-order chi connectivity index (χ0) is 15.5. The second-order valence-electron chi connectivity index (χ2n) is 4.98. The molecule has 0 saturated heterocycles. The summed E-state index contributed by atoms with van der Waals surface area (Å²) in [5.74, 6) is -1.66. The van der Waals surface area contributed by atoms with Crippen molar-refractivity contribution in [1.29, 1.82) is 5.26 Å². The summed E-state index contributed by atoms with van der Waals surface area (Å²) in [5.41, 5.74) is -1.16. The molecular formula is C14H14FN3O3. The molecule has 6 nitrogen and oxygen atoms in total. The van der Waals surface area contributed by atoms with Crippen molar-refractivity contribution >= 4 is 17.7 Å². The van der Waals surface area contributed by atoms with Crippen LogP contribution in [0.5, 0.6) is 0 Å².